The van der Waals surface area contributed by atoms with Gasteiger partial charge in [-0.2, -0.15) is 0 Å². The van der Waals surface area contributed by atoms with Gasteiger partial charge in [-0.1, -0.05) is 24.4 Å². The average molecular weight is 269 g/mol. The van der Waals surface area contributed by atoms with Crippen molar-refractivity contribution in [2.45, 2.75) is 32.2 Å². The summed E-state index contributed by atoms with van der Waals surface area (Å²) in [4.78, 5) is 10.5. The molecule has 98 valence electrons. The molecule has 1 aliphatic carbocycles. The van der Waals surface area contributed by atoms with Crippen molar-refractivity contribution < 1.29 is 4.92 Å². The van der Waals surface area contributed by atoms with Crippen LogP contribution in [0.25, 0.3) is 0 Å². The summed E-state index contributed by atoms with van der Waals surface area (Å²) in [5.74, 6) is 0.937. The molecule has 1 saturated carbocycles. The Morgan fingerprint density at radius 2 is 2.22 bits per heavy atom. The Bertz CT molecular complexity index is 433. The number of rotatable bonds is 7. The molecule has 2 rings (SSSR count). The maximum atomic E-state index is 10.9. The molecule has 0 bridgehead atoms. The van der Waals surface area contributed by atoms with Crippen LogP contribution in [0.5, 0.6) is 0 Å². The first kappa shape index (κ1) is 13.3. The van der Waals surface area contributed by atoms with Gasteiger partial charge in [0.2, 0.25) is 0 Å². The highest BCUT2D eigenvalue weighted by molar-refractivity contribution is 6.30. The van der Waals surface area contributed by atoms with Crippen molar-refractivity contribution in [3.8, 4) is 0 Å². The molecule has 0 atom stereocenters. The molecule has 1 fully saturated rings. The summed E-state index contributed by atoms with van der Waals surface area (Å²) in [5.41, 5.74) is 0.785. The van der Waals surface area contributed by atoms with Gasteiger partial charge < -0.3 is 5.32 Å². The lowest BCUT2D eigenvalue weighted by Gasteiger charge is -2.06. The van der Waals surface area contributed by atoms with Crippen molar-refractivity contribution in [1.29, 1.82) is 0 Å². The van der Waals surface area contributed by atoms with Crippen LogP contribution in [-0.4, -0.2) is 11.5 Å². The minimum absolute atomic E-state index is 0.133. The number of hydrogen-bond acceptors (Lipinski definition) is 3. The zero-order valence-corrected chi connectivity index (χ0v) is 10.9. The van der Waals surface area contributed by atoms with E-state index in [0.29, 0.717) is 17.1 Å². The van der Waals surface area contributed by atoms with Crippen LogP contribution in [0.15, 0.2) is 18.2 Å². The average Bonchev–Trinajstić information content (AvgIpc) is 3.12. The van der Waals surface area contributed by atoms with Gasteiger partial charge in [-0.25, -0.2) is 0 Å². The Morgan fingerprint density at radius 3 is 2.89 bits per heavy atom. The second-order valence-electron chi connectivity index (χ2n) is 4.79. The standard InChI is InChI=1S/C13H17ClN2O2/c14-12-5-6-13(16(17)18)11(8-12)9-15-7-1-2-10-3-4-10/h5-6,8,10,15H,1-4,7,9H2. The third-order valence-corrected chi connectivity index (χ3v) is 3.45. The molecule has 18 heavy (non-hydrogen) atoms. The fourth-order valence-corrected chi connectivity index (χ4v) is 2.21. The first-order valence-electron chi connectivity index (χ1n) is 6.30. The highest BCUT2D eigenvalue weighted by Gasteiger charge is 2.20. The van der Waals surface area contributed by atoms with Crippen LogP contribution in [0.2, 0.25) is 5.02 Å². The van der Waals surface area contributed by atoms with Crippen molar-refractivity contribution in [3.63, 3.8) is 0 Å². The summed E-state index contributed by atoms with van der Waals surface area (Å²) in [6, 6.07) is 4.67. The number of nitro benzene ring substituents is 1. The number of nitrogens with one attached hydrogen (secondary N) is 1. The van der Waals surface area contributed by atoms with E-state index >= 15 is 0 Å². The largest absolute Gasteiger partial charge is 0.312 e. The van der Waals surface area contributed by atoms with E-state index in [4.69, 9.17) is 11.6 Å². The lowest BCUT2D eigenvalue weighted by atomic mass is 10.1. The van der Waals surface area contributed by atoms with Gasteiger partial charge in [-0.3, -0.25) is 10.1 Å². The fourth-order valence-electron chi connectivity index (χ4n) is 2.02. The first-order valence-corrected chi connectivity index (χ1v) is 6.68. The first-order chi connectivity index (χ1) is 8.66. The van der Waals surface area contributed by atoms with Gasteiger partial charge in [0.05, 0.1) is 4.92 Å². The number of benzene rings is 1. The van der Waals surface area contributed by atoms with Gasteiger partial charge >= 0.3 is 0 Å². The van der Waals surface area contributed by atoms with Crippen molar-refractivity contribution in [2.24, 2.45) is 5.92 Å². The number of halogens is 1. The molecule has 4 nitrogen and oxygen atoms in total. The Labute approximate surface area is 111 Å². The van der Waals surface area contributed by atoms with E-state index in [9.17, 15) is 10.1 Å². The van der Waals surface area contributed by atoms with Crippen molar-refractivity contribution in [3.05, 3.63) is 38.9 Å². The Morgan fingerprint density at radius 1 is 1.44 bits per heavy atom. The van der Waals surface area contributed by atoms with E-state index in [1.807, 2.05) is 0 Å². The van der Waals surface area contributed by atoms with Crippen LogP contribution in [-0.2, 0) is 6.54 Å². The normalized spacial score (nSPS) is 14.7. The smallest absolute Gasteiger partial charge is 0.273 e. The SMILES string of the molecule is O=[N+]([O-])c1ccc(Cl)cc1CNCCCC1CC1. The number of nitrogens with zero attached hydrogens (tertiary/aromatic N) is 1. The molecule has 0 radical (unpaired) electrons. The van der Waals surface area contributed by atoms with Crippen LogP contribution >= 0.6 is 11.6 Å². The predicted octanol–water partition coefficient (Wildman–Crippen LogP) is 3.53. The zero-order valence-electron chi connectivity index (χ0n) is 10.2. The van der Waals surface area contributed by atoms with Gasteiger partial charge in [0.1, 0.15) is 0 Å². The van der Waals surface area contributed by atoms with Crippen LogP contribution < -0.4 is 5.32 Å². The minimum Gasteiger partial charge on any atom is -0.312 e. The summed E-state index contributed by atoms with van der Waals surface area (Å²) >= 11 is 5.86. The molecule has 0 heterocycles. The maximum absolute atomic E-state index is 10.9. The second-order valence-corrected chi connectivity index (χ2v) is 5.23. The third-order valence-electron chi connectivity index (χ3n) is 3.22. The highest BCUT2D eigenvalue weighted by Crippen LogP contribution is 2.33. The molecule has 0 unspecified atom stereocenters. The van der Waals surface area contributed by atoms with Gasteiger partial charge in [0.25, 0.3) is 5.69 Å². The molecule has 0 aliphatic heterocycles. The molecule has 1 aromatic carbocycles. The summed E-state index contributed by atoms with van der Waals surface area (Å²) in [6.45, 7) is 1.40. The van der Waals surface area contributed by atoms with E-state index in [0.717, 1.165) is 18.9 Å². The van der Waals surface area contributed by atoms with E-state index in [-0.39, 0.29) is 10.6 Å². The van der Waals surface area contributed by atoms with E-state index in [1.165, 1.54) is 25.3 Å². The topological polar surface area (TPSA) is 55.2 Å². The molecule has 1 aromatic rings. The monoisotopic (exact) mass is 268 g/mol. The van der Waals surface area contributed by atoms with Gasteiger partial charge in [-0.15, -0.1) is 0 Å². The fraction of sp³-hybridized carbons (Fsp3) is 0.538. The molecule has 0 aromatic heterocycles. The molecule has 5 heteroatoms. The Hall–Kier alpha value is -1.13. The molecule has 0 amide bonds. The lowest BCUT2D eigenvalue weighted by molar-refractivity contribution is -0.385. The Kier molecular flexibility index (Phi) is 4.55. The molecule has 1 N–H and O–H groups in total. The highest BCUT2D eigenvalue weighted by atomic mass is 35.5. The number of hydrogen-bond donors (Lipinski definition) is 1. The van der Waals surface area contributed by atoms with Crippen molar-refractivity contribution in [2.75, 3.05) is 6.54 Å². The second kappa shape index (κ2) is 6.16. The van der Waals surface area contributed by atoms with Crippen molar-refractivity contribution >= 4 is 17.3 Å². The third kappa shape index (κ3) is 3.96. The van der Waals surface area contributed by atoms with Crippen LogP contribution in [0, 0.1) is 16.0 Å². The van der Waals surface area contributed by atoms with E-state index in [2.05, 4.69) is 5.32 Å². The summed E-state index contributed by atoms with van der Waals surface area (Å²) in [7, 11) is 0. The maximum Gasteiger partial charge on any atom is 0.273 e. The summed E-state index contributed by atoms with van der Waals surface area (Å²) in [6.07, 6.45) is 5.16. The Balaban J connectivity index is 1.82. The summed E-state index contributed by atoms with van der Waals surface area (Å²) < 4.78 is 0. The van der Waals surface area contributed by atoms with E-state index < -0.39 is 0 Å². The zero-order chi connectivity index (χ0) is 13.0. The summed E-state index contributed by atoms with van der Waals surface area (Å²) in [5, 5.41) is 14.6. The molecular formula is C13H17ClN2O2. The molecule has 1 aliphatic rings. The molecular weight excluding hydrogens is 252 g/mol. The number of nitro groups is 1. The van der Waals surface area contributed by atoms with Gasteiger partial charge in [0.15, 0.2) is 0 Å². The van der Waals surface area contributed by atoms with E-state index in [1.54, 1.807) is 12.1 Å². The van der Waals surface area contributed by atoms with Gasteiger partial charge in [0, 0.05) is 23.2 Å². The predicted molar refractivity (Wildman–Crippen MR) is 71.8 cm³/mol. The molecule has 0 saturated heterocycles. The minimum atomic E-state index is -0.364. The molecule has 0 spiro atoms. The van der Waals surface area contributed by atoms with Crippen molar-refractivity contribution in [1.82, 2.24) is 5.32 Å². The van der Waals surface area contributed by atoms with Gasteiger partial charge in [-0.05, 0) is 37.4 Å². The van der Waals surface area contributed by atoms with Crippen LogP contribution in [0.4, 0.5) is 5.69 Å². The lowest BCUT2D eigenvalue weighted by Crippen LogP contribution is -2.15. The van der Waals surface area contributed by atoms with Crippen LogP contribution in [0.3, 0.4) is 0 Å². The van der Waals surface area contributed by atoms with Crippen LogP contribution in [0.1, 0.15) is 31.2 Å². The quantitative estimate of drug-likeness (QED) is 0.468.